The quantitative estimate of drug-likeness (QED) is 0.453. The van der Waals surface area contributed by atoms with E-state index in [1.54, 1.807) is 0 Å². The molecule has 0 amide bonds. The minimum atomic E-state index is -0.756. The second kappa shape index (κ2) is 4.94. The summed E-state index contributed by atoms with van der Waals surface area (Å²) in [6.45, 7) is 0. The lowest BCUT2D eigenvalue weighted by molar-refractivity contribution is -0.385. The zero-order valence-corrected chi connectivity index (χ0v) is 10.8. The zero-order valence-electron chi connectivity index (χ0n) is 10.1. The minimum Gasteiger partial charge on any atom is -0.431 e. The molecule has 2 aromatic heterocycles. The van der Waals surface area contributed by atoms with E-state index in [0.29, 0.717) is 11.0 Å². The summed E-state index contributed by atoms with van der Waals surface area (Å²) in [5.41, 5.74) is -0.212. The molecule has 10 heteroatoms. The Morgan fingerprint density at radius 1 is 1.38 bits per heavy atom. The van der Waals surface area contributed by atoms with Crippen molar-refractivity contribution in [1.82, 2.24) is 20.2 Å². The first kappa shape index (κ1) is 13.2. The molecular formula is C11H5ClFN5O3. The van der Waals surface area contributed by atoms with Crippen molar-refractivity contribution in [2.75, 3.05) is 0 Å². The standard InChI is InChI=1S/C11H5ClFN5O3/c12-11-15-9-6(4-14-17-9)10(16-11)21-8-2-1-5(13)3-7(8)18(19)20/h1-4H,(H,14,15,16,17). The van der Waals surface area contributed by atoms with Crippen LogP contribution in [0.15, 0.2) is 24.4 Å². The molecule has 0 atom stereocenters. The zero-order chi connectivity index (χ0) is 15.0. The number of fused-ring (bicyclic) bond motifs is 1. The number of benzene rings is 1. The molecule has 0 aliphatic carbocycles. The summed E-state index contributed by atoms with van der Waals surface area (Å²) in [4.78, 5) is 17.9. The maximum Gasteiger partial charge on any atom is 0.314 e. The van der Waals surface area contributed by atoms with E-state index in [0.717, 1.165) is 18.2 Å². The fourth-order valence-electron chi connectivity index (χ4n) is 1.68. The van der Waals surface area contributed by atoms with Crippen LogP contribution in [0.5, 0.6) is 11.6 Å². The number of nitro groups is 1. The molecule has 1 N–H and O–H groups in total. The highest BCUT2D eigenvalue weighted by molar-refractivity contribution is 6.28. The van der Waals surface area contributed by atoms with Crippen LogP contribution in [0, 0.1) is 15.9 Å². The summed E-state index contributed by atoms with van der Waals surface area (Å²) in [6.07, 6.45) is 1.39. The predicted molar refractivity (Wildman–Crippen MR) is 69.8 cm³/mol. The number of nitrogens with zero attached hydrogens (tertiary/aromatic N) is 4. The van der Waals surface area contributed by atoms with E-state index in [2.05, 4.69) is 20.2 Å². The molecule has 106 valence electrons. The van der Waals surface area contributed by atoms with Crippen LogP contribution >= 0.6 is 11.6 Å². The van der Waals surface area contributed by atoms with E-state index in [1.165, 1.54) is 6.20 Å². The Bertz CT molecular complexity index is 853. The monoisotopic (exact) mass is 309 g/mol. The highest BCUT2D eigenvalue weighted by Crippen LogP contribution is 2.33. The van der Waals surface area contributed by atoms with E-state index < -0.39 is 16.4 Å². The maximum absolute atomic E-state index is 13.1. The maximum atomic E-state index is 13.1. The molecular weight excluding hydrogens is 305 g/mol. The van der Waals surface area contributed by atoms with E-state index in [4.69, 9.17) is 16.3 Å². The van der Waals surface area contributed by atoms with Gasteiger partial charge in [0.1, 0.15) is 11.2 Å². The van der Waals surface area contributed by atoms with Crippen LogP contribution in [-0.2, 0) is 0 Å². The minimum absolute atomic E-state index is 0.0199. The number of rotatable bonds is 3. The van der Waals surface area contributed by atoms with E-state index in [1.807, 2.05) is 0 Å². The summed E-state index contributed by atoms with van der Waals surface area (Å²) in [5, 5.41) is 17.5. The third kappa shape index (κ3) is 2.46. The first-order valence-corrected chi connectivity index (χ1v) is 5.91. The molecule has 0 bridgehead atoms. The highest BCUT2D eigenvalue weighted by Gasteiger charge is 2.19. The number of aromatic amines is 1. The van der Waals surface area contributed by atoms with E-state index >= 15 is 0 Å². The summed E-state index contributed by atoms with van der Waals surface area (Å²) in [7, 11) is 0. The van der Waals surface area contributed by atoms with Crippen LogP contribution in [0.4, 0.5) is 10.1 Å². The van der Waals surface area contributed by atoms with Gasteiger partial charge in [0, 0.05) is 0 Å². The lowest BCUT2D eigenvalue weighted by Crippen LogP contribution is -1.97. The fraction of sp³-hybridized carbons (Fsp3) is 0. The van der Waals surface area contributed by atoms with Gasteiger partial charge in [0.05, 0.1) is 17.2 Å². The van der Waals surface area contributed by atoms with Crippen molar-refractivity contribution >= 4 is 28.3 Å². The normalized spacial score (nSPS) is 10.8. The number of H-pyrrole nitrogens is 1. The summed E-state index contributed by atoms with van der Waals surface area (Å²) in [6, 6.07) is 2.93. The smallest absolute Gasteiger partial charge is 0.314 e. The number of halogens is 2. The van der Waals surface area contributed by atoms with Gasteiger partial charge >= 0.3 is 5.69 Å². The van der Waals surface area contributed by atoms with Crippen LogP contribution in [0.2, 0.25) is 5.28 Å². The van der Waals surface area contributed by atoms with E-state index in [-0.39, 0.29) is 16.9 Å². The second-order valence-electron chi connectivity index (χ2n) is 3.90. The number of ether oxygens (including phenoxy) is 1. The number of hydrogen-bond acceptors (Lipinski definition) is 6. The molecule has 1 aromatic carbocycles. The largest absolute Gasteiger partial charge is 0.431 e. The molecule has 3 rings (SSSR count). The molecule has 0 saturated heterocycles. The molecule has 0 radical (unpaired) electrons. The van der Waals surface area contributed by atoms with Gasteiger partial charge in [-0.3, -0.25) is 15.2 Å². The molecule has 8 nitrogen and oxygen atoms in total. The van der Waals surface area contributed by atoms with Gasteiger partial charge in [-0.1, -0.05) is 0 Å². The van der Waals surface area contributed by atoms with Gasteiger partial charge < -0.3 is 4.74 Å². The Balaban J connectivity index is 2.10. The molecule has 0 unspecified atom stereocenters. The Kier molecular flexibility index (Phi) is 3.10. The molecule has 0 aliphatic rings. The Morgan fingerprint density at radius 3 is 2.95 bits per heavy atom. The average Bonchev–Trinajstić information content (AvgIpc) is 2.88. The van der Waals surface area contributed by atoms with Crippen LogP contribution in [-0.4, -0.2) is 25.1 Å². The van der Waals surface area contributed by atoms with Crippen molar-refractivity contribution in [3.63, 3.8) is 0 Å². The second-order valence-corrected chi connectivity index (χ2v) is 4.24. The molecule has 0 aliphatic heterocycles. The number of nitro benzene ring substituents is 1. The third-order valence-corrected chi connectivity index (χ3v) is 2.74. The summed E-state index contributed by atoms with van der Waals surface area (Å²) >= 11 is 5.73. The van der Waals surface area contributed by atoms with Gasteiger partial charge in [-0.15, -0.1) is 0 Å². The van der Waals surface area contributed by atoms with Crippen molar-refractivity contribution in [2.24, 2.45) is 0 Å². The molecule has 0 fully saturated rings. The van der Waals surface area contributed by atoms with Crippen LogP contribution in [0.25, 0.3) is 11.0 Å². The van der Waals surface area contributed by atoms with Gasteiger partial charge in [0.25, 0.3) is 0 Å². The molecule has 0 spiro atoms. The lowest BCUT2D eigenvalue weighted by Gasteiger charge is -2.06. The van der Waals surface area contributed by atoms with Gasteiger partial charge in [0.2, 0.25) is 16.9 Å². The predicted octanol–water partition coefficient (Wildman–Crippen LogP) is 2.85. The number of hydrogen-bond donors (Lipinski definition) is 1. The third-order valence-electron chi connectivity index (χ3n) is 2.57. The van der Waals surface area contributed by atoms with Crippen molar-refractivity contribution in [3.05, 3.63) is 45.6 Å². The van der Waals surface area contributed by atoms with Crippen molar-refractivity contribution < 1.29 is 14.1 Å². The molecule has 0 saturated carbocycles. The first-order chi connectivity index (χ1) is 10.0. The highest BCUT2D eigenvalue weighted by atomic mass is 35.5. The fourth-order valence-corrected chi connectivity index (χ4v) is 1.85. The lowest BCUT2D eigenvalue weighted by atomic mass is 10.3. The van der Waals surface area contributed by atoms with Gasteiger partial charge in [-0.05, 0) is 23.7 Å². The van der Waals surface area contributed by atoms with Gasteiger partial charge in [-0.2, -0.15) is 15.1 Å². The average molecular weight is 310 g/mol. The van der Waals surface area contributed by atoms with Gasteiger partial charge in [-0.25, -0.2) is 4.39 Å². The molecule has 2 heterocycles. The topological polar surface area (TPSA) is 107 Å². The number of aromatic nitrogens is 4. The first-order valence-electron chi connectivity index (χ1n) is 5.53. The van der Waals surface area contributed by atoms with E-state index in [9.17, 15) is 14.5 Å². The summed E-state index contributed by atoms with van der Waals surface area (Å²) in [5.74, 6) is -0.935. The number of nitrogens with one attached hydrogen (secondary N) is 1. The van der Waals surface area contributed by atoms with Gasteiger partial charge in [0.15, 0.2) is 5.65 Å². The Labute approximate surface area is 120 Å². The summed E-state index contributed by atoms with van der Waals surface area (Å²) < 4.78 is 18.5. The van der Waals surface area contributed by atoms with Crippen LogP contribution < -0.4 is 4.74 Å². The van der Waals surface area contributed by atoms with Crippen molar-refractivity contribution in [1.29, 1.82) is 0 Å². The Morgan fingerprint density at radius 2 is 2.19 bits per heavy atom. The molecule has 3 aromatic rings. The van der Waals surface area contributed by atoms with Crippen molar-refractivity contribution in [3.8, 4) is 11.6 Å². The SMILES string of the molecule is O=[N+]([O-])c1cc(F)ccc1Oc1nc(Cl)nc2[nH]ncc12. The van der Waals surface area contributed by atoms with Crippen LogP contribution in [0.1, 0.15) is 0 Å². The molecule has 21 heavy (non-hydrogen) atoms. The van der Waals surface area contributed by atoms with Crippen LogP contribution in [0.3, 0.4) is 0 Å². The Hall–Kier alpha value is -2.81. The van der Waals surface area contributed by atoms with Crippen molar-refractivity contribution in [2.45, 2.75) is 0 Å².